The van der Waals surface area contributed by atoms with Crippen molar-refractivity contribution >= 4 is 41.5 Å². The highest BCUT2D eigenvalue weighted by Gasteiger charge is 2.15. The molecule has 0 bridgehead atoms. The number of halogens is 2. The highest BCUT2D eigenvalue weighted by molar-refractivity contribution is 14.0. The van der Waals surface area contributed by atoms with Gasteiger partial charge in [0.2, 0.25) is 5.75 Å². The molecule has 0 amide bonds. The van der Waals surface area contributed by atoms with E-state index in [0.717, 1.165) is 16.1 Å². The van der Waals surface area contributed by atoms with Crippen LogP contribution in [0.25, 0.3) is 0 Å². The first-order valence-electron chi connectivity index (χ1n) is 8.10. The van der Waals surface area contributed by atoms with Crippen molar-refractivity contribution in [3.8, 4) is 17.2 Å². The Labute approximate surface area is 182 Å². The third kappa shape index (κ3) is 6.07. The van der Waals surface area contributed by atoms with E-state index in [0.29, 0.717) is 36.3 Å². The molecular formula is C19H25ClIN3O3. The predicted molar refractivity (Wildman–Crippen MR) is 120 cm³/mol. The van der Waals surface area contributed by atoms with Crippen molar-refractivity contribution in [3.63, 3.8) is 0 Å². The van der Waals surface area contributed by atoms with Crippen molar-refractivity contribution in [2.45, 2.75) is 13.1 Å². The maximum Gasteiger partial charge on any atom is 0.203 e. The largest absolute Gasteiger partial charge is 0.493 e. The summed E-state index contributed by atoms with van der Waals surface area (Å²) < 4.78 is 16.2. The van der Waals surface area contributed by atoms with Crippen LogP contribution in [0.1, 0.15) is 11.1 Å². The van der Waals surface area contributed by atoms with Gasteiger partial charge < -0.3 is 24.8 Å². The van der Waals surface area contributed by atoms with Gasteiger partial charge in [0.05, 0.1) is 21.3 Å². The summed E-state index contributed by atoms with van der Waals surface area (Å²) in [5, 5.41) is 7.22. The molecule has 0 unspecified atom stereocenters. The summed E-state index contributed by atoms with van der Waals surface area (Å²) in [5.41, 5.74) is 1.92. The quantitative estimate of drug-likeness (QED) is 0.340. The van der Waals surface area contributed by atoms with E-state index in [4.69, 9.17) is 25.8 Å². The van der Waals surface area contributed by atoms with Gasteiger partial charge in [-0.05, 0) is 23.8 Å². The number of rotatable bonds is 7. The van der Waals surface area contributed by atoms with Gasteiger partial charge in [0.1, 0.15) is 0 Å². The summed E-state index contributed by atoms with van der Waals surface area (Å²) in [6.45, 7) is 1.08. The van der Waals surface area contributed by atoms with Crippen molar-refractivity contribution < 1.29 is 14.2 Å². The molecule has 0 spiro atoms. The van der Waals surface area contributed by atoms with E-state index in [2.05, 4.69) is 15.6 Å². The van der Waals surface area contributed by atoms with Crippen molar-refractivity contribution in [1.29, 1.82) is 0 Å². The first-order valence-corrected chi connectivity index (χ1v) is 8.48. The SMILES string of the molecule is CN=C(NCc1ccccc1Cl)NCc1ccc(OC)c(OC)c1OC.I. The van der Waals surface area contributed by atoms with Crippen LogP contribution >= 0.6 is 35.6 Å². The van der Waals surface area contributed by atoms with Gasteiger partial charge in [-0.15, -0.1) is 24.0 Å². The Bertz CT molecular complexity index is 772. The lowest BCUT2D eigenvalue weighted by Crippen LogP contribution is -2.36. The Morgan fingerprint density at radius 2 is 1.52 bits per heavy atom. The second kappa shape index (κ2) is 11.8. The fraction of sp³-hybridized carbons (Fsp3) is 0.316. The van der Waals surface area contributed by atoms with Gasteiger partial charge in [-0.2, -0.15) is 0 Å². The molecule has 6 nitrogen and oxygen atoms in total. The van der Waals surface area contributed by atoms with Crippen LogP contribution in [0.2, 0.25) is 5.02 Å². The summed E-state index contributed by atoms with van der Waals surface area (Å²) >= 11 is 6.18. The molecule has 148 valence electrons. The molecule has 2 aromatic carbocycles. The lowest BCUT2D eigenvalue weighted by Gasteiger charge is -2.17. The second-order valence-electron chi connectivity index (χ2n) is 5.36. The molecule has 0 atom stereocenters. The molecule has 0 saturated heterocycles. The minimum atomic E-state index is 0. The molecule has 27 heavy (non-hydrogen) atoms. The number of benzene rings is 2. The summed E-state index contributed by atoms with van der Waals surface area (Å²) in [4.78, 5) is 4.23. The molecule has 2 N–H and O–H groups in total. The lowest BCUT2D eigenvalue weighted by molar-refractivity contribution is 0.322. The standard InChI is InChI=1S/C19H24ClN3O3.HI/c1-21-19(22-11-13-7-5-6-8-15(13)20)23-12-14-9-10-16(24-2)18(26-4)17(14)25-3;/h5-10H,11-12H2,1-4H3,(H2,21,22,23);1H. The number of guanidine groups is 1. The van der Waals surface area contributed by atoms with Gasteiger partial charge >= 0.3 is 0 Å². The van der Waals surface area contributed by atoms with Gasteiger partial charge in [-0.3, -0.25) is 4.99 Å². The summed E-state index contributed by atoms with van der Waals surface area (Å²) in [7, 11) is 6.50. The van der Waals surface area contributed by atoms with Crippen LogP contribution in [-0.4, -0.2) is 34.3 Å². The molecule has 0 radical (unpaired) electrons. The number of nitrogens with one attached hydrogen (secondary N) is 2. The fourth-order valence-electron chi connectivity index (χ4n) is 2.52. The van der Waals surface area contributed by atoms with Crippen LogP contribution in [-0.2, 0) is 13.1 Å². The van der Waals surface area contributed by atoms with E-state index in [9.17, 15) is 0 Å². The van der Waals surface area contributed by atoms with Crippen molar-refractivity contribution in [1.82, 2.24) is 10.6 Å². The van der Waals surface area contributed by atoms with Crippen molar-refractivity contribution in [3.05, 3.63) is 52.5 Å². The third-order valence-corrected chi connectivity index (χ3v) is 4.23. The molecule has 2 aromatic rings. The Kier molecular flexibility index (Phi) is 10.1. The molecule has 0 aliphatic carbocycles. The van der Waals surface area contributed by atoms with Gasteiger partial charge in [-0.25, -0.2) is 0 Å². The molecule has 0 aromatic heterocycles. The van der Waals surface area contributed by atoms with Crippen molar-refractivity contribution in [2.24, 2.45) is 4.99 Å². The highest BCUT2D eigenvalue weighted by Crippen LogP contribution is 2.39. The molecule has 0 aliphatic rings. The minimum absolute atomic E-state index is 0. The number of nitrogens with zero attached hydrogens (tertiary/aromatic N) is 1. The van der Waals surface area contributed by atoms with Gasteiger partial charge in [0.15, 0.2) is 17.5 Å². The number of hydrogen-bond acceptors (Lipinski definition) is 4. The number of aliphatic imine (C=N–C) groups is 1. The van der Waals surface area contributed by atoms with Crippen LogP contribution in [0.15, 0.2) is 41.4 Å². The van der Waals surface area contributed by atoms with Gasteiger partial charge in [0, 0.05) is 30.7 Å². The number of hydrogen-bond donors (Lipinski definition) is 2. The first-order chi connectivity index (χ1) is 12.6. The average molecular weight is 506 g/mol. The zero-order valence-corrected chi connectivity index (χ0v) is 18.9. The molecule has 0 saturated carbocycles. The molecule has 0 fully saturated rings. The third-order valence-electron chi connectivity index (χ3n) is 3.86. The maximum absolute atomic E-state index is 6.18. The average Bonchev–Trinajstić information content (AvgIpc) is 2.68. The molecule has 8 heteroatoms. The Hall–Kier alpha value is -1.87. The number of methoxy groups -OCH3 is 3. The van der Waals surface area contributed by atoms with E-state index in [1.165, 1.54) is 0 Å². The molecule has 0 heterocycles. The Morgan fingerprint density at radius 3 is 2.07 bits per heavy atom. The highest BCUT2D eigenvalue weighted by atomic mass is 127. The summed E-state index contributed by atoms with van der Waals surface area (Å²) in [6.07, 6.45) is 0. The maximum atomic E-state index is 6.18. The van der Waals surface area contributed by atoms with E-state index >= 15 is 0 Å². The van der Waals surface area contributed by atoms with Crippen LogP contribution in [0, 0.1) is 0 Å². The first kappa shape index (κ1) is 23.2. The normalized spacial score (nSPS) is 10.6. The van der Waals surface area contributed by atoms with Crippen LogP contribution in [0.5, 0.6) is 17.2 Å². The van der Waals surface area contributed by atoms with Crippen LogP contribution in [0.4, 0.5) is 0 Å². The van der Waals surface area contributed by atoms with Gasteiger partial charge in [0.25, 0.3) is 0 Å². The summed E-state index contributed by atoms with van der Waals surface area (Å²) in [6, 6.07) is 11.5. The fourth-order valence-corrected chi connectivity index (χ4v) is 2.73. The minimum Gasteiger partial charge on any atom is -0.493 e. The number of ether oxygens (including phenoxy) is 3. The van der Waals surface area contributed by atoms with E-state index in [1.807, 2.05) is 36.4 Å². The lowest BCUT2D eigenvalue weighted by atomic mass is 10.1. The summed E-state index contributed by atoms with van der Waals surface area (Å²) in [5.74, 6) is 2.46. The molecule has 0 aliphatic heterocycles. The second-order valence-corrected chi connectivity index (χ2v) is 5.77. The van der Waals surface area contributed by atoms with E-state index < -0.39 is 0 Å². The monoisotopic (exact) mass is 505 g/mol. The smallest absolute Gasteiger partial charge is 0.203 e. The Balaban J connectivity index is 0.00000364. The van der Waals surface area contributed by atoms with Crippen LogP contribution in [0.3, 0.4) is 0 Å². The zero-order valence-electron chi connectivity index (χ0n) is 15.8. The van der Waals surface area contributed by atoms with Gasteiger partial charge in [-0.1, -0.05) is 29.8 Å². The van der Waals surface area contributed by atoms with Crippen LogP contribution < -0.4 is 24.8 Å². The van der Waals surface area contributed by atoms with E-state index in [-0.39, 0.29) is 24.0 Å². The molecule has 2 rings (SSSR count). The Morgan fingerprint density at radius 1 is 0.889 bits per heavy atom. The molecular weight excluding hydrogens is 481 g/mol. The van der Waals surface area contributed by atoms with E-state index in [1.54, 1.807) is 28.4 Å². The van der Waals surface area contributed by atoms with Crippen molar-refractivity contribution in [2.75, 3.05) is 28.4 Å². The zero-order chi connectivity index (χ0) is 18.9. The predicted octanol–water partition coefficient (Wildman–Crippen LogP) is 3.85. The topological polar surface area (TPSA) is 64.1 Å².